The molecular formula is C11H12ClF3N2O2. The van der Waals surface area contributed by atoms with Crippen molar-refractivity contribution in [2.24, 2.45) is 0 Å². The Balaban J connectivity index is 2.76. The lowest BCUT2D eigenvalue weighted by Crippen LogP contribution is -2.36. The van der Waals surface area contributed by atoms with Crippen molar-refractivity contribution in [2.45, 2.75) is 13.1 Å². The maximum atomic E-state index is 11.9. The van der Waals surface area contributed by atoms with Crippen LogP contribution in [-0.4, -0.2) is 25.9 Å². The number of carbonyl (C=O) groups excluding carboxylic acids is 1. The molecule has 0 aliphatic rings. The van der Waals surface area contributed by atoms with Gasteiger partial charge in [-0.3, -0.25) is 0 Å². The Morgan fingerprint density at radius 1 is 1.42 bits per heavy atom. The second-order valence-corrected chi connectivity index (χ2v) is 4.13. The van der Waals surface area contributed by atoms with E-state index >= 15 is 0 Å². The molecule has 0 saturated heterocycles. The smallest absolute Gasteiger partial charge is 0.405 e. The first-order valence-electron chi connectivity index (χ1n) is 5.18. The van der Waals surface area contributed by atoms with Crippen molar-refractivity contribution in [1.82, 2.24) is 5.32 Å². The van der Waals surface area contributed by atoms with E-state index in [0.29, 0.717) is 10.6 Å². The molecule has 0 aliphatic carbocycles. The normalized spacial score (nSPS) is 11.1. The van der Waals surface area contributed by atoms with Gasteiger partial charge in [0.05, 0.1) is 12.8 Å². The van der Waals surface area contributed by atoms with Crippen LogP contribution in [0.3, 0.4) is 0 Å². The number of ether oxygens (including phenoxy) is 1. The van der Waals surface area contributed by atoms with E-state index in [-0.39, 0.29) is 11.4 Å². The molecule has 0 spiro atoms. The average molecular weight is 297 g/mol. The van der Waals surface area contributed by atoms with Crippen molar-refractivity contribution in [1.29, 1.82) is 0 Å². The van der Waals surface area contributed by atoms with Gasteiger partial charge in [0.15, 0.2) is 0 Å². The summed E-state index contributed by atoms with van der Waals surface area (Å²) in [7, 11) is 1.36. The van der Waals surface area contributed by atoms with Crippen molar-refractivity contribution in [2.75, 3.05) is 19.0 Å². The lowest BCUT2D eigenvalue weighted by molar-refractivity contribution is -0.122. The summed E-state index contributed by atoms with van der Waals surface area (Å²) in [6, 6.07) is 2.00. The van der Waals surface area contributed by atoms with Crippen LogP contribution >= 0.6 is 11.6 Å². The maximum absolute atomic E-state index is 11.9. The predicted molar refractivity (Wildman–Crippen MR) is 65.8 cm³/mol. The van der Waals surface area contributed by atoms with Gasteiger partial charge >= 0.3 is 12.2 Å². The molecule has 1 aromatic carbocycles. The van der Waals surface area contributed by atoms with Gasteiger partial charge in [-0.2, -0.15) is 13.2 Å². The molecule has 0 aromatic heterocycles. The largest absolute Gasteiger partial charge is 0.495 e. The number of rotatable bonds is 3. The van der Waals surface area contributed by atoms with E-state index < -0.39 is 18.8 Å². The number of hydrogen-bond acceptors (Lipinski definition) is 2. The molecule has 0 radical (unpaired) electrons. The Morgan fingerprint density at radius 2 is 2.05 bits per heavy atom. The first-order valence-corrected chi connectivity index (χ1v) is 5.56. The number of urea groups is 1. The average Bonchev–Trinajstić information content (AvgIpc) is 2.30. The van der Waals surface area contributed by atoms with Gasteiger partial charge in [0.25, 0.3) is 0 Å². The monoisotopic (exact) mass is 296 g/mol. The Morgan fingerprint density at radius 3 is 2.58 bits per heavy atom. The molecule has 1 rings (SSSR count). The highest BCUT2D eigenvalue weighted by Gasteiger charge is 2.27. The number of nitrogens with one attached hydrogen (secondary N) is 2. The minimum atomic E-state index is -4.46. The molecule has 19 heavy (non-hydrogen) atoms. The fourth-order valence-corrected chi connectivity index (χ4v) is 1.43. The van der Waals surface area contributed by atoms with Crippen LogP contribution in [0, 0.1) is 6.92 Å². The number of hydrogen-bond donors (Lipinski definition) is 2. The second kappa shape index (κ2) is 6.01. The lowest BCUT2D eigenvalue weighted by atomic mass is 10.2. The van der Waals surface area contributed by atoms with Gasteiger partial charge in [0.1, 0.15) is 12.3 Å². The van der Waals surface area contributed by atoms with Gasteiger partial charge < -0.3 is 15.4 Å². The Hall–Kier alpha value is -1.63. The molecule has 2 amide bonds. The third kappa shape index (κ3) is 4.86. The maximum Gasteiger partial charge on any atom is 0.405 e. The molecular weight excluding hydrogens is 285 g/mol. The van der Waals surface area contributed by atoms with E-state index in [1.807, 2.05) is 0 Å². The second-order valence-electron chi connectivity index (χ2n) is 3.72. The molecule has 0 heterocycles. The number of methoxy groups -OCH3 is 1. The van der Waals surface area contributed by atoms with Crippen LogP contribution in [-0.2, 0) is 0 Å². The van der Waals surface area contributed by atoms with Crippen LogP contribution in [0.5, 0.6) is 5.75 Å². The van der Waals surface area contributed by atoms with E-state index in [2.05, 4.69) is 5.32 Å². The minimum absolute atomic E-state index is 0.240. The molecule has 4 nitrogen and oxygen atoms in total. The number of aryl methyl sites for hydroxylation is 1. The molecule has 0 atom stereocenters. The van der Waals surface area contributed by atoms with Crippen LogP contribution in [0.15, 0.2) is 12.1 Å². The number of benzene rings is 1. The van der Waals surface area contributed by atoms with Crippen molar-refractivity contribution < 1.29 is 22.7 Å². The summed E-state index contributed by atoms with van der Waals surface area (Å²) in [4.78, 5) is 11.3. The summed E-state index contributed by atoms with van der Waals surface area (Å²) in [5, 5.41) is 4.39. The Kier molecular flexibility index (Phi) is 4.88. The molecule has 8 heteroatoms. The van der Waals surface area contributed by atoms with E-state index in [0.717, 1.165) is 0 Å². The summed E-state index contributed by atoms with van der Waals surface area (Å²) in [6.45, 7) is 0.286. The standard InChI is InChI=1S/C11H12ClF3N2O2/c1-6-3-8(9(19-2)4-7(6)12)17-10(18)16-5-11(13,14)15/h3-4H,5H2,1-2H3,(H2,16,17,18). The van der Waals surface area contributed by atoms with Gasteiger partial charge in [-0.25, -0.2) is 4.79 Å². The number of halogens is 4. The van der Waals surface area contributed by atoms with Gasteiger partial charge in [0.2, 0.25) is 0 Å². The van der Waals surface area contributed by atoms with Crippen molar-refractivity contribution in [3.8, 4) is 5.75 Å². The number of amides is 2. The Bertz CT molecular complexity index is 478. The number of alkyl halides is 3. The third-order valence-electron chi connectivity index (χ3n) is 2.18. The first-order chi connectivity index (χ1) is 8.73. The third-order valence-corrected chi connectivity index (χ3v) is 2.59. The molecule has 0 bridgehead atoms. The van der Waals surface area contributed by atoms with Crippen LogP contribution in [0.25, 0.3) is 0 Å². The van der Waals surface area contributed by atoms with Gasteiger partial charge in [-0.05, 0) is 18.6 Å². The zero-order valence-electron chi connectivity index (χ0n) is 10.2. The molecule has 0 unspecified atom stereocenters. The summed E-state index contributed by atoms with van der Waals surface area (Å²) in [5.41, 5.74) is 0.901. The zero-order chi connectivity index (χ0) is 14.6. The van der Waals surface area contributed by atoms with E-state index in [9.17, 15) is 18.0 Å². The molecule has 0 saturated carbocycles. The first kappa shape index (κ1) is 15.4. The van der Waals surface area contributed by atoms with Gasteiger partial charge in [-0.15, -0.1) is 0 Å². The van der Waals surface area contributed by atoms with E-state index in [1.54, 1.807) is 12.2 Å². The van der Waals surface area contributed by atoms with Crippen LogP contribution in [0.1, 0.15) is 5.56 Å². The predicted octanol–water partition coefficient (Wildman–Crippen LogP) is 3.34. The lowest BCUT2D eigenvalue weighted by Gasteiger charge is -2.13. The molecule has 0 fully saturated rings. The molecule has 106 valence electrons. The summed E-state index contributed by atoms with van der Waals surface area (Å²) in [6.07, 6.45) is -4.46. The van der Waals surface area contributed by atoms with Crippen molar-refractivity contribution >= 4 is 23.3 Å². The highest BCUT2D eigenvalue weighted by molar-refractivity contribution is 6.31. The Labute approximate surface area is 112 Å². The fourth-order valence-electron chi connectivity index (χ4n) is 1.28. The van der Waals surface area contributed by atoms with Gasteiger partial charge in [0, 0.05) is 11.1 Å². The zero-order valence-corrected chi connectivity index (χ0v) is 10.9. The van der Waals surface area contributed by atoms with Crippen molar-refractivity contribution in [3.63, 3.8) is 0 Å². The minimum Gasteiger partial charge on any atom is -0.495 e. The number of anilines is 1. The SMILES string of the molecule is COc1cc(Cl)c(C)cc1NC(=O)NCC(F)(F)F. The van der Waals surface area contributed by atoms with Crippen LogP contribution < -0.4 is 15.4 Å². The molecule has 1 aromatic rings. The van der Waals surface area contributed by atoms with Crippen LogP contribution in [0.4, 0.5) is 23.7 Å². The molecule has 0 aliphatic heterocycles. The van der Waals surface area contributed by atoms with Crippen LogP contribution in [0.2, 0.25) is 5.02 Å². The topological polar surface area (TPSA) is 50.4 Å². The quantitative estimate of drug-likeness (QED) is 0.899. The van der Waals surface area contributed by atoms with Gasteiger partial charge in [-0.1, -0.05) is 11.6 Å². The highest BCUT2D eigenvalue weighted by atomic mass is 35.5. The van der Waals surface area contributed by atoms with E-state index in [1.165, 1.54) is 19.2 Å². The number of carbonyl (C=O) groups is 1. The summed E-state index contributed by atoms with van der Waals surface area (Å²) in [5.74, 6) is 0.262. The highest BCUT2D eigenvalue weighted by Crippen LogP contribution is 2.30. The summed E-state index contributed by atoms with van der Waals surface area (Å²) < 4.78 is 40.8. The fraction of sp³-hybridized carbons (Fsp3) is 0.364. The summed E-state index contributed by atoms with van der Waals surface area (Å²) >= 11 is 5.87. The van der Waals surface area contributed by atoms with E-state index in [4.69, 9.17) is 16.3 Å². The van der Waals surface area contributed by atoms with Crippen molar-refractivity contribution in [3.05, 3.63) is 22.7 Å². The molecule has 2 N–H and O–H groups in total.